The Labute approximate surface area is 204 Å². The molecule has 1 aliphatic carbocycles. The second-order valence-electron chi connectivity index (χ2n) is 10.4. The van der Waals surface area contributed by atoms with Crippen LogP contribution < -0.4 is 0 Å². The monoisotopic (exact) mass is 471 g/mol. The van der Waals surface area contributed by atoms with E-state index in [9.17, 15) is 14.7 Å². The minimum absolute atomic E-state index is 0.163. The van der Waals surface area contributed by atoms with E-state index in [1.165, 1.54) is 11.1 Å². The van der Waals surface area contributed by atoms with Crippen molar-refractivity contribution in [2.45, 2.75) is 41.0 Å². The Hall–Kier alpha value is -3.81. The number of rotatable bonds is 3. The summed E-state index contributed by atoms with van der Waals surface area (Å²) < 4.78 is 1.61. The van der Waals surface area contributed by atoms with Gasteiger partial charge >= 0.3 is 5.97 Å². The summed E-state index contributed by atoms with van der Waals surface area (Å²) in [5.41, 5.74) is 5.02. The van der Waals surface area contributed by atoms with Gasteiger partial charge in [-0.05, 0) is 49.6 Å². The van der Waals surface area contributed by atoms with E-state index in [4.69, 9.17) is 0 Å². The number of fused-ring (bicyclic) bond motifs is 2. The Bertz CT molecular complexity index is 1430. The smallest absolute Gasteiger partial charge is 0.335 e. The van der Waals surface area contributed by atoms with Crippen LogP contribution >= 0.6 is 0 Å². The number of aromatic nitrogens is 4. The van der Waals surface area contributed by atoms with Crippen LogP contribution in [0.15, 0.2) is 48.1 Å². The molecular weight excluding hydrogens is 442 g/mol. The number of allylic oxidation sites excluding steroid dienone is 2. The van der Waals surface area contributed by atoms with Crippen molar-refractivity contribution in [3.05, 3.63) is 76.4 Å². The molecule has 1 aliphatic heterocycles. The van der Waals surface area contributed by atoms with Crippen LogP contribution in [0.5, 0.6) is 0 Å². The average molecular weight is 472 g/mol. The Morgan fingerprint density at radius 2 is 1.74 bits per heavy atom. The molecule has 2 aromatic heterocycles. The number of nitrogens with zero attached hydrogens (tertiary/aromatic N) is 5. The number of benzene rings is 1. The maximum atomic E-state index is 13.4. The molecule has 5 rings (SSSR count). The molecule has 8 heteroatoms. The molecule has 0 fully saturated rings. The van der Waals surface area contributed by atoms with Gasteiger partial charge in [-0.3, -0.25) is 4.79 Å². The number of aryl methyl sites for hydroxylation is 2. The third-order valence-corrected chi connectivity index (χ3v) is 7.35. The zero-order valence-electron chi connectivity index (χ0n) is 20.7. The van der Waals surface area contributed by atoms with E-state index >= 15 is 0 Å². The summed E-state index contributed by atoms with van der Waals surface area (Å²) in [6.45, 7) is 11.5. The summed E-state index contributed by atoms with van der Waals surface area (Å²) in [6.07, 6.45) is 5.18. The highest BCUT2D eigenvalue weighted by Gasteiger charge is 2.46. The van der Waals surface area contributed by atoms with E-state index in [1.807, 2.05) is 36.9 Å². The van der Waals surface area contributed by atoms with E-state index in [1.54, 1.807) is 16.6 Å². The second kappa shape index (κ2) is 7.86. The Kier molecular flexibility index (Phi) is 5.16. The molecule has 0 unspecified atom stereocenters. The highest BCUT2D eigenvalue weighted by molar-refractivity contribution is 5.91. The molecule has 0 radical (unpaired) electrons. The number of carbonyl (C=O) groups is 2. The van der Waals surface area contributed by atoms with Crippen molar-refractivity contribution >= 4 is 23.2 Å². The number of hydrogen-bond acceptors (Lipinski definition) is 5. The summed E-state index contributed by atoms with van der Waals surface area (Å²) >= 11 is 0. The topological polar surface area (TPSA) is 101 Å². The number of carbonyl (C=O) groups excluding carboxylic acids is 1. The van der Waals surface area contributed by atoms with E-state index in [2.05, 4.69) is 48.0 Å². The molecule has 2 aliphatic rings. The second-order valence-corrected chi connectivity index (χ2v) is 10.4. The molecular formula is C27H29N5O3. The zero-order valence-corrected chi connectivity index (χ0v) is 20.7. The number of hydrogen-bond donors (Lipinski definition) is 1. The lowest BCUT2D eigenvalue weighted by Gasteiger charge is -2.50. The molecule has 3 aromatic rings. The fourth-order valence-electron chi connectivity index (χ4n) is 5.75. The lowest BCUT2D eigenvalue weighted by atomic mass is 9.58. The summed E-state index contributed by atoms with van der Waals surface area (Å²) in [5, 5.41) is 13.7. The predicted octanol–water partition coefficient (Wildman–Crippen LogP) is 4.34. The van der Waals surface area contributed by atoms with Gasteiger partial charge in [0.25, 0.3) is 11.7 Å². The summed E-state index contributed by atoms with van der Waals surface area (Å²) in [5.74, 6) is -0.523. The molecule has 8 nitrogen and oxygen atoms in total. The zero-order chi connectivity index (χ0) is 25.1. The molecule has 1 amide bonds. The fraction of sp³-hybridized carbons (Fsp3) is 0.370. The molecule has 0 bridgehead atoms. The molecule has 1 N–H and O–H groups in total. The molecule has 0 saturated carbocycles. The van der Waals surface area contributed by atoms with Crippen molar-refractivity contribution in [2.75, 3.05) is 13.1 Å². The highest BCUT2D eigenvalue weighted by Crippen LogP contribution is 2.55. The Morgan fingerprint density at radius 1 is 1.03 bits per heavy atom. The van der Waals surface area contributed by atoms with Gasteiger partial charge in [-0.25, -0.2) is 14.3 Å². The lowest BCUT2D eigenvalue weighted by Crippen LogP contribution is -2.49. The number of carboxylic acid groups (broad SMARTS) is 1. The van der Waals surface area contributed by atoms with Gasteiger partial charge in [0.1, 0.15) is 0 Å². The normalized spacial score (nSPS) is 21.3. The van der Waals surface area contributed by atoms with Crippen LogP contribution in [0.25, 0.3) is 11.4 Å². The first-order valence-electron chi connectivity index (χ1n) is 11.8. The van der Waals surface area contributed by atoms with Crippen molar-refractivity contribution in [3.8, 4) is 0 Å². The molecule has 0 spiro atoms. The maximum absolute atomic E-state index is 13.4. The first-order chi connectivity index (χ1) is 16.5. The van der Waals surface area contributed by atoms with Gasteiger partial charge in [0.15, 0.2) is 0 Å². The Balaban J connectivity index is 1.43. The average Bonchev–Trinajstić information content (AvgIpc) is 3.22. The summed E-state index contributed by atoms with van der Waals surface area (Å²) in [7, 11) is 0. The molecule has 1 aromatic carbocycles. The van der Waals surface area contributed by atoms with Gasteiger partial charge in [0, 0.05) is 35.3 Å². The predicted molar refractivity (Wildman–Crippen MR) is 132 cm³/mol. The van der Waals surface area contributed by atoms with Gasteiger partial charge in [-0.15, -0.1) is 5.10 Å². The molecule has 35 heavy (non-hydrogen) atoms. The first kappa shape index (κ1) is 23.0. The van der Waals surface area contributed by atoms with Crippen LogP contribution in [0.2, 0.25) is 0 Å². The lowest BCUT2D eigenvalue weighted by molar-refractivity contribution is 0.0668. The first-order valence-corrected chi connectivity index (χ1v) is 11.8. The van der Waals surface area contributed by atoms with Gasteiger partial charge in [-0.2, -0.15) is 4.98 Å². The van der Waals surface area contributed by atoms with E-state index in [0.717, 1.165) is 23.4 Å². The molecule has 180 valence electrons. The number of aromatic carboxylic acids is 1. The number of amides is 1. The Morgan fingerprint density at radius 3 is 2.43 bits per heavy atom. The largest absolute Gasteiger partial charge is 0.478 e. The van der Waals surface area contributed by atoms with E-state index in [0.29, 0.717) is 18.9 Å². The van der Waals surface area contributed by atoms with Crippen molar-refractivity contribution in [1.29, 1.82) is 0 Å². The van der Waals surface area contributed by atoms with E-state index < -0.39 is 5.97 Å². The summed E-state index contributed by atoms with van der Waals surface area (Å²) in [4.78, 5) is 35.3. The molecule has 3 heterocycles. The SMILES string of the molecule is Cc1cc(C)n2nc(C(=O)N3CC=C4C(C)(C)C(c5ccc(C(=O)O)cc5)=CC[C@]4(C)C3)nc2n1. The van der Waals surface area contributed by atoms with E-state index in [-0.39, 0.29) is 28.1 Å². The van der Waals surface area contributed by atoms with Crippen LogP contribution in [-0.2, 0) is 0 Å². The van der Waals surface area contributed by atoms with Crippen LogP contribution in [0, 0.1) is 24.7 Å². The van der Waals surface area contributed by atoms with Crippen molar-refractivity contribution in [1.82, 2.24) is 24.5 Å². The molecule has 0 saturated heterocycles. The van der Waals surface area contributed by atoms with Gasteiger partial charge in [0.05, 0.1) is 5.56 Å². The standard InChI is InChI=1S/C27H29N5O3/c1-16-14-17(2)32-25(28-16)29-22(30-32)23(33)31-13-11-21-26(3,4)20(10-12-27(21,5)15-31)18-6-8-19(9-7-18)24(34)35/h6-11,14H,12-13,15H2,1-5H3,(H,34,35)/t27-/m1/s1. The maximum Gasteiger partial charge on any atom is 0.335 e. The fourth-order valence-corrected chi connectivity index (χ4v) is 5.75. The molecule has 1 atom stereocenters. The minimum Gasteiger partial charge on any atom is -0.478 e. The van der Waals surface area contributed by atoms with Gasteiger partial charge in [-0.1, -0.05) is 50.6 Å². The van der Waals surface area contributed by atoms with Crippen LogP contribution in [0.4, 0.5) is 0 Å². The highest BCUT2D eigenvalue weighted by atomic mass is 16.4. The number of carboxylic acids is 1. The third kappa shape index (κ3) is 3.73. The third-order valence-electron chi connectivity index (χ3n) is 7.35. The van der Waals surface area contributed by atoms with Crippen molar-refractivity contribution < 1.29 is 14.7 Å². The quantitative estimate of drug-likeness (QED) is 0.570. The van der Waals surface area contributed by atoms with Crippen LogP contribution in [0.1, 0.15) is 65.1 Å². The summed E-state index contributed by atoms with van der Waals surface area (Å²) in [6, 6.07) is 8.98. The minimum atomic E-state index is -0.929. The van der Waals surface area contributed by atoms with Gasteiger partial charge in [0.2, 0.25) is 5.82 Å². The van der Waals surface area contributed by atoms with Gasteiger partial charge < -0.3 is 10.0 Å². The van der Waals surface area contributed by atoms with Crippen molar-refractivity contribution in [3.63, 3.8) is 0 Å². The van der Waals surface area contributed by atoms with Crippen LogP contribution in [0.3, 0.4) is 0 Å². The van der Waals surface area contributed by atoms with Crippen molar-refractivity contribution in [2.24, 2.45) is 10.8 Å². The van der Waals surface area contributed by atoms with Crippen LogP contribution in [-0.4, -0.2) is 54.6 Å².